The largest absolute Gasteiger partial charge is 0.352 e. The molecule has 0 bridgehead atoms. The number of ketones is 1. The molecular formula is C26H25N3O5. The van der Waals surface area contributed by atoms with Gasteiger partial charge in [0.2, 0.25) is 11.8 Å². The van der Waals surface area contributed by atoms with Crippen molar-refractivity contribution in [3.63, 3.8) is 0 Å². The first-order valence-corrected chi connectivity index (χ1v) is 11.5. The molecule has 2 aromatic carbocycles. The van der Waals surface area contributed by atoms with Crippen LogP contribution in [0.3, 0.4) is 0 Å². The molecule has 0 saturated carbocycles. The molecule has 0 spiro atoms. The highest BCUT2D eigenvalue weighted by atomic mass is 16.6. The van der Waals surface area contributed by atoms with Crippen LogP contribution in [0.4, 0.5) is 11.4 Å². The summed E-state index contributed by atoms with van der Waals surface area (Å²) < 4.78 is 0. The van der Waals surface area contributed by atoms with Crippen molar-refractivity contribution in [3.8, 4) is 0 Å². The minimum absolute atomic E-state index is 0.115. The molecule has 3 aliphatic heterocycles. The van der Waals surface area contributed by atoms with E-state index < -0.39 is 28.8 Å². The number of hydrogen-bond donors (Lipinski definition) is 0. The number of para-hydroxylation sites is 1. The van der Waals surface area contributed by atoms with E-state index in [1.165, 1.54) is 29.2 Å². The summed E-state index contributed by atoms with van der Waals surface area (Å²) in [5.74, 6) is -2.34. The van der Waals surface area contributed by atoms with Crippen molar-refractivity contribution in [2.75, 3.05) is 4.90 Å². The number of nitro benzene ring substituents is 1. The average molecular weight is 460 g/mol. The van der Waals surface area contributed by atoms with E-state index in [1.54, 1.807) is 0 Å². The van der Waals surface area contributed by atoms with Crippen LogP contribution in [0.15, 0.2) is 54.6 Å². The first kappa shape index (κ1) is 22.0. The molecule has 8 nitrogen and oxygen atoms in total. The van der Waals surface area contributed by atoms with E-state index in [0.717, 1.165) is 16.8 Å². The van der Waals surface area contributed by atoms with Crippen molar-refractivity contribution < 1.29 is 19.3 Å². The zero-order chi connectivity index (χ0) is 24.3. The highest BCUT2D eigenvalue weighted by Crippen LogP contribution is 2.50. The average Bonchev–Trinajstić information content (AvgIpc) is 3.31. The third-order valence-electron chi connectivity index (χ3n) is 7.45. The number of nitro groups is 1. The van der Waals surface area contributed by atoms with Crippen LogP contribution in [-0.2, 0) is 9.59 Å². The summed E-state index contributed by atoms with van der Waals surface area (Å²) in [6.07, 6.45) is 2.62. The molecule has 0 radical (unpaired) electrons. The van der Waals surface area contributed by atoms with Gasteiger partial charge in [0.05, 0.1) is 22.8 Å². The lowest BCUT2D eigenvalue weighted by atomic mass is 9.85. The molecule has 2 fully saturated rings. The minimum atomic E-state index is -0.882. The van der Waals surface area contributed by atoms with Crippen molar-refractivity contribution in [2.24, 2.45) is 11.8 Å². The quantitative estimate of drug-likeness (QED) is 0.291. The van der Waals surface area contributed by atoms with Crippen molar-refractivity contribution in [1.82, 2.24) is 4.90 Å². The fraction of sp³-hybridized carbons (Fsp3) is 0.346. The Morgan fingerprint density at radius 2 is 1.71 bits per heavy atom. The predicted octanol–water partition coefficient (Wildman–Crippen LogP) is 3.85. The highest BCUT2D eigenvalue weighted by Gasteiger charge is 2.64. The number of Topliss-reactive ketones (excluding diaryl/α,β-unsaturated/α-hetero) is 1. The Hall–Kier alpha value is -3.81. The third kappa shape index (κ3) is 3.01. The van der Waals surface area contributed by atoms with Gasteiger partial charge in [-0.2, -0.15) is 0 Å². The fourth-order valence-electron chi connectivity index (χ4n) is 5.66. The number of benzene rings is 2. The zero-order valence-electron chi connectivity index (χ0n) is 19.2. The van der Waals surface area contributed by atoms with E-state index in [1.807, 2.05) is 56.0 Å². The molecule has 3 aliphatic rings. The number of nitrogens with zero attached hydrogens (tertiary/aromatic N) is 3. The number of anilines is 1. The molecule has 5 atom stereocenters. The molecule has 3 heterocycles. The second-order valence-electron chi connectivity index (χ2n) is 9.23. The maximum atomic E-state index is 13.9. The molecule has 8 heteroatoms. The van der Waals surface area contributed by atoms with Crippen molar-refractivity contribution in [1.29, 1.82) is 0 Å². The van der Waals surface area contributed by atoms with Crippen molar-refractivity contribution in [2.45, 2.75) is 45.3 Å². The van der Waals surface area contributed by atoms with E-state index in [4.69, 9.17) is 0 Å². The number of rotatable bonds is 5. The summed E-state index contributed by atoms with van der Waals surface area (Å²) in [5.41, 5.74) is 2.94. The Morgan fingerprint density at radius 3 is 2.35 bits per heavy atom. The predicted molar refractivity (Wildman–Crippen MR) is 126 cm³/mol. The number of carbonyl (C=O) groups is 3. The van der Waals surface area contributed by atoms with E-state index >= 15 is 0 Å². The van der Waals surface area contributed by atoms with Crippen molar-refractivity contribution >= 4 is 34.5 Å². The number of imide groups is 1. The first-order valence-electron chi connectivity index (χ1n) is 11.5. The Bertz CT molecular complexity index is 1250. The molecule has 5 rings (SSSR count). The van der Waals surface area contributed by atoms with Gasteiger partial charge in [-0.3, -0.25) is 29.4 Å². The molecule has 0 unspecified atom stereocenters. The zero-order valence-corrected chi connectivity index (χ0v) is 19.2. The number of amides is 2. The molecule has 34 heavy (non-hydrogen) atoms. The van der Waals surface area contributed by atoms with Crippen LogP contribution in [0.5, 0.6) is 0 Å². The summed E-state index contributed by atoms with van der Waals surface area (Å²) in [5, 5.41) is 11.1. The second-order valence-corrected chi connectivity index (χ2v) is 9.23. The van der Waals surface area contributed by atoms with Gasteiger partial charge in [0.15, 0.2) is 5.78 Å². The fourth-order valence-corrected chi connectivity index (χ4v) is 5.66. The topological polar surface area (TPSA) is 101 Å². The number of fused-ring (bicyclic) bond motifs is 5. The van der Waals surface area contributed by atoms with Gasteiger partial charge in [-0.05, 0) is 44.0 Å². The minimum Gasteiger partial charge on any atom is -0.352 e. The van der Waals surface area contributed by atoms with Crippen LogP contribution in [0.1, 0.15) is 43.1 Å². The van der Waals surface area contributed by atoms with Crippen LogP contribution >= 0.6 is 0 Å². The summed E-state index contributed by atoms with van der Waals surface area (Å²) in [4.78, 5) is 54.9. The number of non-ortho nitro benzene ring substituents is 1. The molecule has 0 N–H and O–H groups in total. The molecule has 2 amide bonds. The van der Waals surface area contributed by atoms with E-state index in [2.05, 4.69) is 0 Å². The summed E-state index contributed by atoms with van der Waals surface area (Å²) >= 11 is 0. The maximum absolute atomic E-state index is 13.9. The van der Waals surface area contributed by atoms with Gasteiger partial charge in [-0.15, -0.1) is 0 Å². The molecule has 0 aromatic heterocycles. The number of hydrogen-bond acceptors (Lipinski definition) is 6. The molecule has 2 aromatic rings. The SMILES string of the molecule is CC[C@H](C)N1C(=O)[C@@H]2[C@H](C1=O)[C@@H](C(=O)c1ccc([N+](=O)[O-])cc1)N1c3ccccc3C(C)=C[C@@H]21. The van der Waals surface area contributed by atoms with Gasteiger partial charge in [0.25, 0.3) is 5.69 Å². The molecule has 2 saturated heterocycles. The summed E-state index contributed by atoms with van der Waals surface area (Å²) in [7, 11) is 0. The number of allylic oxidation sites excluding steroid dienone is 1. The van der Waals surface area contributed by atoms with Crippen LogP contribution in [0.25, 0.3) is 5.57 Å². The van der Waals surface area contributed by atoms with Crippen LogP contribution in [0, 0.1) is 22.0 Å². The Morgan fingerprint density at radius 1 is 1.06 bits per heavy atom. The Kier molecular flexibility index (Phi) is 5.11. The van der Waals surface area contributed by atoms with E-state index in [-0.39, 0.29) is 34.9 Å². The van der Waals surface area contributed by atoms with Gasteiger partial charge in [-0.25, -0.2) is 0 Å². The summed E-state index contributed by atoms with van der Waals surface area (Å²) in [6.45, 7) is 5.75. The van der Waals surface area contributed by atoms with Crippen LogP contribution in [0.2, 0.25) is 0 Å². The van der Waals surface area contributed by atoms with Gasteiger partial charge in [0.1, 0.15) is 6.04 Å². The Balaban J connectivity index is 1.65. The lowest BCUT2D eigenvalue weighted by Crippen LogP contribution is -2.50. The summed E-state index contributed by atoms with van der Waals surface area (Å²) in [6, 6.07) is 11.6. The smallest absolute Gasteiger partial charge is 0.269 e. The number of carbonyl (C=O) groups excluding carboxylic acids is 3. The van der Waals surface area contributed by atoms with Crippen molar-refractivity contribution in [3.05, 3.63) is 75.8 Å². The maximum Gasteiger partial charge on any atom is 0.269 e. The standard InChI is InChI=1S/C26H25N3O5/c1-4-15(3)27-25(31)21-20-13-14(2)18-7-5-6-8-19(18)28(20)23(22(21)26(27)32)24(30)16-9-11-17(12-10-16)29(33)34/h5-13,15,20-23H,4H2,1-3H3/t15-,20-,21-,22-,23-/m0/s1. The van der Waals surface area contributed by atoms with Crippen LogP contribution < -0.4 is 4.90 Å². The van der Waals surface area contributed by atoms with Gasteiger partial charge >= 0.3 is 0 Å². The van der Waals surface area contributed by atoms with Crippen LogP contribution in [-0.4, -0.2) is 45.5 Å². The Labute approximate surface area is 197 Å². The highest BCUT2D eigenvalue weighted by molar-refractivity contribution is 6.14. The third-order valence-corrected chi connectivity index (χ3v) is 7.45. The number of likely N-dealkylation sites (tertiary alicyclic amines) is 1. The lowest BCUT2D eigenvalue weighted by molar-refractivity contribution is -0.384. The second kappa shape index (κ2) is 7.90. The monoisotopic (exact) mass is 459 g/mol. The molecule has 174 valence electrons. The van der Waals surface area contributed by atoms with Gasteiger partial charge in [-0.1, -0.05) is 31.2 Å². The van der Waals surface area contributed by atoms with E-state index in [0.29, 0.717) is 6.42 Å². The molecular weight excluding hydrogens is 434 g/mol. The first-order chi connectivity index (χ1) is 16.3. The van der Waals surface area contributed by atoms with Gasteiger partial charge in [0, 0.05) is 35.0 Å². The van der Waals surface area contributed by atoms with Gasteiger partial charge < -0.3 is 4.90 Å². The molecule has 0 aliphatic carbocycles. The normalized spacial score (nSPS) is 26.0. The lowest BCUT2D eigenvalue weighted by Gasteiger charge is -2.38. The van der Waals surface area contributed by atoms with E-state index in [9.17, 15) is 24.5 Å².